The van der Waals surface area contributed by atoms with E-state index in [9.17, 15) is 9.18 Å². The van der Waals surface area contributed by atoms with Crippen molar-refractivity contribution in [1.82, 2.24) is 4.98 Å². The Balaban J connectivity index is 0.00000109. The number of anilines is 1. The number of aromatic nitrogens is 1. The van der Waals surface area contributed by atoms with Crippen molar-refractivity contribution >= 4 is 17.6 Å². The van der Waals surface area contributed by atoms with Crippen LogP contribution in [0.2, 0.25) is 0 Å². The van der Waals surface area contributed by atoms with Gasteiger partial charge in [0.25, 0.3) is 11.9 Å². The van der Waals surface area contributed by atoms with Crippen molar-refractivity contribution in [3.63, 3.8) is 0 Å². The molecule has 1 amide bonds. The van der Waals surface area contributed by atoms with Gasteiger partial charge < -0.3 is 15.8 Å². The molecule has 0 saturated carbocycles. The van der Waals surface area contributed by atoms with E-state index in [1.807, 2.05) is 13.8 Å². The lowest BCUT2D eigenvalue weighted by Gasteiger charge is -2.20. The fourth-order valence-corrected chi connectivity index (χ4v) is 2.32. The number of hydrogen-bond acceptors (Lipinski definition) is 5. The van der Waals surface area contributed by atoms with Gasteiger partial charge in [-0.25, -0.2) is 9.38 Å². The quantitative estimate of drug-likeness (QED) is 0.894. The minimum absolute atomic E-state index is 0.0450. The zero-order chi connectivity index (χ0) is 18.2. The fraction of sp³-hybridized carbons (Fsp3) is 0.278. The zero-order valence-electron chi connectivity index (χ0n) is 14.2. The number of amides is 1. The molecule has 1 aromatic heterocycles. The SMILES string of the molecule is CC.NC1=NC(c2cc(NC(=O)c3ccccn3)ccc2F)CCO1. The van der Waals surface area contributed by atoms with E-state index in [0.717, 1.165) is 0 Å². The van der Waals surface area contributed by atoms with Gasteiger partial charge in [0.05, 0.1) is 12.6 Å². The van der Waals surface area contributed by atoms with Gasteiger partial charge in [0.15, 0.2) is 0 Å². The Morgan fingerprint density at radius 1 is 1.32 bits per heavy atom. The van der Waals surface area contributed by atoms with Crippen molar-refractivity contribution in [2.75, 3.05) is 11.9 Å². The van der Waals surface area contributed by atoms with E-state index >= 15 is 0 Å². The first kappa shape index (κ1) is 18.4. The van der Waals surface area contributed by atoms with E-state index < -0.39 is 11.9 Å². The van der Waals surface area contributed by atoms with Gasteiger partial charge in [-0.3, -0.25) is 9.78 Å². The molecule has 1 aliphatic heterocycles. The summed E-state index contributed by atoms with van der Waals surface area (Å²) in [6.07, 6.45) is 2.06. The van der Waals surface area contributed by atoms with Gasteiger partial charge in [0.2, 0.25) is 0 Å². The van der Waals surface area contributed by atoms with Crippen LogP contribution in [0.15, 0.2) is 47.6 Å². The number of halogens is 1. The second kappa shape index (κ2) is 8.77. The number of hydrogen-bond donors (Lipinski definition) is 2. The average Bonchev–Trinajstić information content (AvgIpc) is 2.65. The summed E-state index contributed by atoms with van der Waals surface area (Å²) in [6.45, 7) is 4.38. The molecule has 0 spiro atoms. The summed E-state index contributed by atoms with van der Waals surface area (Å²) < 4.78 is 19.1. The van der Waals surface area contributed by atoms with Gasteiger partial charge in [-0.05, 0) is 30.3 Å². The number of carbonyl (C=O) groups excluding carboxylic acids is 1. The highest BCUT2D eigenvalue weighted by molar-refractivity contribution is 6.02. The average molecular weight is 344 g/mol. The molecule has 0 bridgehead atoms. The monoisotopic (exact) mass is 344 g/mol. The lowest BCUT2D eigenvalue weighted by Crippen LogP contribution is -2.24. The molecule has 1 aliphatic rings. The molecule has 1 unspecified atom stereocenters. The molecule has 2 aromatic rings. The smallest absolute Gasteiger partial charge is 0.282 e. The van der Waals surface area contributed by atoms with E-state index in [1.54, 1.807) is 24.3 Å². The number of nitrogens with two attached hydrogens (primary N) is 1. The Morgan fingerprint density at radius 2 is 2.12 bits per heavy atom. The van der Waals surface area contributed by atoms with Gasteiger partial charge in [-0.1, -0.05) is 19.9 Å². The van der Waals surface area contributed by atoms with Crippen LogP contribution in [0.5, 0.6) is 0 Å². The predicted molar refractivity (Wildman–Crippen MR) is 94.9 cm³/mol. The number of ether oxygens (including phenoxy) is 1. The highest BCUT2D eigenvalue weighted by Crippen LogP contribution is 2.28. The number of carbonyl (C=O) groups is 1. The Hall–Kier alpha value is -2.96. The molecule has 1 atom stereocenters. The maximum absolute atomic E-state index is 14.1. The standard InChI is InChI=1S/C16H15FN4O2.C2H6/c17-12-5-4-10(20-15(22)14-3-1-2-7-19-14)9-11(12)13-6-8-23-16(18)21-13;1-2/h1-5,7,9,13H,6,8H2,(H2,18,21)(H,20,22);1-2H3. The molecule has 132 valence electrons. The van der Waals surface area contributed by atoms with Gasteiger partial charge >= 0.3 is 0 Å². The van der Waals surface area contributed by atoms with Gasteiger partial charge in [-0.2, -0.15) is 0 Å². The van der Waals surface area contributed by atoms with Crippen molar-refractivity contribution in [3.05, 3.63) is 59.7 Å². The molecule has 2 heterocycles. The maximum atomic E-state index is 14.1. The summed E-state index contributed by atoms with van der Waals surface area (Å²) in [4.78, 5) is 20.2. The molecular formula is C18H21FN4O2. The molecule has 0 radical (unpaired) electrons. The topological polar surface area (TPSA) is 89.6 Å². The number of nitrogens with zero attached hydrogens (tertiary/aromatic N) is 2. The first-order chi connectivity index (χ1) is 12.1. The van der Waals surface area contributed by atoms with Crippen LogP contribution in [-0.4, -0.2) is 23.5 Å². The Labute approximate surface area is 145 Å². The Bertz CT molecular complexity index is 750. The number of amidine groups is 1. The van der Waals surface area contributed by atoms with Crippen molar-refractivity contribution in [2.24, 2.45) is 10.7 Å². The predicted octanol–water partition coefficient (Wildman–Crippen LogP) is 3.28. The second-order valence-electron chi connectivity index (χ2n) is 5.03. The summed E-state index contributed by atoms with van der Waals surface area (Å²) in [5, 5.41) is 2.70. The number of aliphatic imine (C=N–C) groups is 1. The Morgan fingerprint density at radius 3 is 2.80 bits per heavy atom. The zero-order valence-corrected chi connectivity index (χ0v) is 14.2. The normalized spacial score (nSPS) is 16.0. The van der Waals surface area contributed by atoms with Crippen molar-refractivity contribution in [3.8, 4) is 0 Å². The summed E-state index contributed by atoms with van der Waals surface area (Å²) in [5.41, 5.74) is 6.66. The van der Waals surface area contributed by atoms with E-state index in [2.05, 4.69) is 15.3 Å². The van der Waals surface area contributed by atoms with Crippen molar-refractivity contribution in [1.29, 1.82) is 0 Å². The third-order valence-electron chi connectivity index (χ3n) is 3.43. The third-order valence-corrected chi connectivity index (χ3v) is 3.43. The number of nitrogens with one attached hydrogen (secondary N) is 1. The molecular weight excluding hydrogens is 323 g/mol. The van der Waals surface area contributed by atoms with E-state index in [-0.39, 0.29) is 17.6 Å². The van der Waals surface area contributed by atoms with E-state index in [0.29, 0.717) is 24.3 Å². The van der Waals surface area contributed by atoms with Crippen LogP contribution in [0, 0.1) is 5.82 Å². The fourth-order valence-electron chi connectivity index (χ4n) is 2.32. The molecule has 0 saturated heterocycles. The van der Waals surface area contributed by atoms with Crippen LogP contribution in [0.25, 0.3) is 0 Å². The van der Waals surface area contributed by atoms with Gasteiger partial charge in [0, 0.05) is 23.9 Å². The molecule has 0 fully saturated rings. The minimum Gasteiger partial charge on any atom is -0.465 e. The molecule has 7 heteroatoms. The number of benzene rings is 1. The first-order valence-electron chi connectivity index (χ1n) is 8.11. The molecule has 3 N–H and O–H groups in total. The number of pyridine rings is 1. The highest BCUT2D eigenvalue weighted by atomic mass is 19.1. The van der Waals surface area contributed by atoms with Crippen LogP contribution in [-0.2, 0) is 4.74 Å². The maximum Gasteiger partial charge on any atom is 0.282 e. The van der Waals surface area contributed by atoms with Crippen molar-refractivity contribution < 1.29 is 13.9 Å². The highest BCUT2D eigenvalue weighted by Gasteiger charge is 2.20. The number of rotatable bonds is 3. The lowest BCUT2D eigenvalue weighted by molar-refractivity contribution is 0.102. The van der Waals surface area contributed by atoms with Crippen LogP contribution in [0.3, 0.4) is 0 Å². The minimum atomic E-state index is -0.421. The first-order valence-corrected chi connectivity index (χ1v) is 8.11. The summed E-state index contributed by atoms with van der Waals surface area (Å²) in [6, 6.07) is 9.01. The van der Waals surface area contributed by atoms with Crippen molar-refractivity contribution in [2.45, 2.75) is 26.3 Å². The summed E-state index contributed by atoms with van der Waals surface area (Å²) in [7, 11) is 0. The molecule has 1 aromatic carbocycles. The lowest BCUT2D eigenvalue weighted by atomic mass is 10.0. The van der Waals surface area contributed by atoms with E-state index in [1.165, 1.54) is 18.3 Å². The second-order valence-corrected chi connectivity index (χ2v) is 5.03. The Kier molecular flexibility index (Phi) is 6.45. The summed E-state index contributed by atoms with van der Waals surface area (Å²) in [5.74, 6) is -0.762. The van der Waals surface area contributed by atoms with Crippen LogP contribution in [0.4, 0.5) is 10.1 Å². The van der Waals surface area contributed by atoms with Crippen LogP contribution in [0.1, 0.15) is 42.4 Å². The van der Waals surface area contributed by atoms with Crippen LogP contribution < -0.4 is 11.1 Å². The largest absolute Gasteiger partial charge is 0.465 e. The molecule has 0 aliphatic carbocycles. The van der Waals surface area contributed by atoms with Gasteiger partial charge in [0.1, 0.15) is 11.5 Å². The molecule has 25 heavy (non-hydrogen) atoms. The van der Waals surface area contributed by atoms with E-state index in [4.69, 9.17) is 10.5 Å². The molecule has 3 rings (SSSR count). The van der Waals surface area contributed by atoms with Crippen LogP contribution >= 0.6 is 0 Å². The summed E-state index contributed by atoms with van der Waals surface area (Å²) >= 11 is 0. The third kappa shape index (κ3) is 4.76. The van der Waals surface area contributed by atoms with Gasteiger partial charge in [-0.15, -0.1) is 0 Å². The molecule has 6 nitrogen and oxygen atoms in total.